The van der Waals surface area contributed by atoms with E-state index in [1.165, 1.54) is 0 Å². The van der Waals surface area contributed by atoms with Crippen molar-refractivity contribution < 1.29 is 8.78 Å². The van der Waals surface area contributed by atoms with Crippen LogP contribution in [0.1, 0.15) is 17.6 Å². The summed E-state index contributed by atoms with van der Waals surface area (Å²) in [5.41, 5.74) is 5.25. The topological polar surface area (TPSA) is 62.7 Å². The summed E-state index contributed by atoms with van der Waals surface area (Å²) < 4.78 is 25.2. The molecule has 0 saturated heterocycles. The Bertz CT molecular complexity index is 387. The highest BCUT2D eigenvalue weighted by Gasteiger charge is 2.17. The second kappa shape index (κ2) is 4.33. The van der Waals surface area contributed by atoms with E-state index >= 15 is 0 Å². The Balaban J connectivity index is 3.30. The molecule has 0 aliphatic carbocycles. The van der Waals surface area contributed by atoms with Crippen LogP contribution in [0.3, 0.4) is 0 Å². The van der Waals surface area contributed by atoms with E-state index in [1.807, 2.05) is 0 Å². The van der Waals surface area contributed by atoms with Gasteiger partial charge in [-0.15, -0.1) is 0 Å². The van der Waals surface area contributed by atoms with Crippen molar-refractivity contribution in [1.29, 1.82) is 5.26 Å². The monoisotopic (exact) mass is 261 g/mol. The molecule has 0 atom stereocenters. The lowest BCUT2D eigenvalue weighted by molar-refractivity contribution is 0.150. The molecular formula is C8H6BrF2N3. The van der Waals surface area contributed by atoms with Crippen LogP contribution in [0.2, 0.25) is 0 Å². The van der Waals surface area contributed by atoms with Crippen LogP contribution in [-0.4, -0.2) is 4.98 Å². The Kier molecular flexibility index (Phi) is 3.36. The highest BCUT2D eigenvalue weighted by molar-refractivity contribution is 9.10. The van der Waals surface area contributed by atoms with Crippen molar-refractivity contribution in [3.05, 3.63) is 21.8 Å². The van der Waals surface area contributed by atoms with Crippen LogP contribution in [0.15, 0.2) is 10.7 Å². The molecule has 0 radical (unpaired) electrons. The fourth-order valence-electron chi connectivity index (χ4n) is 1.03. The molecule has 0 saturated carbocycles. The Morgan fingerprint density at radius 3 is 2.79 bits per heavy atom. The molecule has 0 aliphatic heterocycles. The molecule has 0 aliphatic rings. The van der Waals surface area contributed by atoms with Crippen LogP contribution in [0.25, 0.3) is 0 Å². The van der Waals surface area contributed by atoms with E-state index < -0.39 is 6.43 Å². The Morgan fingerprint density at radius 2 is 2.29 bits per heavy atom. The third-order valence-corrected chi connectivity index (χ3v) is 2.27. The molecule has 0 spiro atoms. The summed E-state index contributed by atoms with van der Waals surface area (Å²) in [5.74, 6) is 0.00821. The summed E-state index contributed by atoms with van der Waals surface area (Å²) in [4.78, 5) is 3.75. The smallest absolute Gasteiger partial charge is 0.264 e. The zero-order chi connectivity index (χ0) is 10.7. The van der Waals surface area contributed by atoms with Crippen LogP contribution in [0, 0.1) is 11.3 Å². The maximum atomic E-state index is 12.5. The van der Waals surface area contributed by atoms with Gasteiger partial charge in [0.25, 0.3) is 6.43 Å². The molecule has 1 aromatic heterocycles. The highest BCUT2D eigenvalue weighted by atomic mass is 79.9. The van der Waals surface area contributed by atoms with Gasteiger partial charge < -0.3 is 5.73 Å². The van der Waals surface area contributed by atoms with Gasteiger partial charge in [-0.25, -0.2) is 13.8 Å². The summed E-state index contributed by atoms with van der Waals surface area (Å²) in [6.45, 7) is 0. The highest BCUT2D eigenvalue weighted by Crippen LogP contribution is 2.29. The van der Waals surface area contributed by atoms with E-state index in [0.717, 1.165) is 6.07 Å². The number of alkyl halides is 2. The molecule has 6 heteroatoms. The van der Waals surface area contributed by atoms with Crippen molar-refractivity contribution in [3.63, 3.8) is 0 Å². The van der Waals surface area contributed by atoms with E-state index in [1.54, 1.807) is 6.07 Å². The zero-order valence-electron chi connectivity index (χ0n) is 6.97. The molecule has 1 rings (SSSR count). The van der Waals surface area contributed by atoms with E-state index in [9.17, 15) is 8.78 Å². The van der Waals surface area contributed by atoms with Gasteiger partial charge in [0, 0.05) is 11.1 Å². The number of pyridine rings is 1. The van der Waals surface area contributed by atoms with E-state index in [2.05, 4.69) is 20.9 Å². The normalized spacial score (nSPS) is 10.2. The number of nitrogens with zero attached hydrogens (tertiary/aromatic N) is 2. The lowest BCUT2D eigenvalue weighted by Gasteiger charge is -2.08. The van der Waals surface area contributed by atoms with Gasteiger partial charge in [-0.05, 0) is 22.0 Å². The first-order valence-corrected chi connectivity index (χ1v) is 4.45. The summed E-state index contributed by atoms with van der Waals surface area (Å²) in [5, 5.41) is 8.44. The molecule has 2 N–H and O–H groups in total. The number of hydrogen-bond acceptors (Lipinski definition) is 3. The van der Waals surface area contributed by atoms with Gasteiger partial charge in [0.2, 0.25) is 0 Å². The number of anilines is 1. The van der Waals surface area contributed by atoms with Gasteiger partial charge in [0.15, 0.2) is 0 Å². The zero-order valence-corrected chi connectivity index (χ0v) is 8.55. The minimum atomic E-state index is -2.65. The van der Waals surface area contributed by atoms with Gasteiger partial charge in [-0.3, -0.25) is 0 Å². The van der Waals surface area contributed by atoms with Crippen LogP contribution in [0.4, 0.5) is 14.6 Å². The Morgan fingerprint density at radius 1 is 1.64 bits per heavy atom. The Labute approximate surface area is 87.7 Å². The van der Waals surface area contributed by atoms with E-state index in [-0.39, 0.29) is 28.0 Å². The van der Waals surface area contributed by atoms with E-state index in [0.29, 0.717) is 0 Å². The second-order valence-corrected chi connectivity index (χ2v) is 3.29. The first-order valence-electron chi connectivity index (χ1n) is 3.66. The number of nitrogens with two attached hydrogens (primary N) is 1. The molecular weight excluding hydrogens is 256 g/mol. The van der Waals surface area contributed by atoms with Gasteiger partial charge in [-0.1, -0.05) is 0 Å². The van der Waals surface area contributed by atoms with Crippen LogP contribution < -0.4 is 5.73 Å². The van der Waals surface area contributed by atoms with Gasteiger partial charge >= 0.3 is 0 Å². The van der Waals surface area contributed by atoms with Crippen LogP contribution in [-0.2, 0) is 6.42 Å². The third-order valence-electron chi connectivity index (χ3n) is 1.62. The quantitative estimate of drug-likeness (QED) is 0.832. The molecule has 0 unspecified atom stereocenters. The number of rotatable bonds is 2. The number of nitrogen functional groups attached to an aromatic ring is 1. The lowest BCUT2D eigenvalue weighted by atomic mass is 10.1. The Hall–Kier alpha value is -1.22. The number of halogens is 3. The SMILES string of the molecule is N#CCc1c(C(F)F)cc(N)nc1Br. The molecule has 0 fully saturated rings. The molecule has 0 bridgehead atoms. The number of aromatic nitrogens is 1. The fourth-order valence-corrected chi connectivity index (χ4v) is 1.60. The number of nitriles is 1. The summed E-state index contributed by atoms with van der Waals surface area (Å²) >= 11 is 2.99. The van der Waals surface area contributed by atoms with Crippen molar-refractivity contribution in [2.45, 2.75) is 12.8 Å². The number of hydrogen-bond donors (Lipinski definition) is 1. The first kappa shape index (κ1) is 10.9. The molecule has 1 aromatic rings. The minimum Gasteiger partial charge on any atom is -0.384 e. The minimum absolute atomic E-state index is 0.00821. The predicted molar refractivity (Wildman–Crippen MR) is 50.6 cm³/mol. The van der Waals surface area contributed by atoms with Crippen molar-refractivity contribution in [2.24, 2.45) is 0 Å². The van der Waals surface area contributed by atoms with Crippen molar-refractivity contribution in [2.75, 3.05) is 5.73 Å². The molecule has 0 aromatic carbocycles. The first-order chi connectivity index (χ1) is 6.56. The summed E-state index contributed by atoms with van der Waals surface area (Å²) in [6.07, 6.45) is -2.77. The van der Waals surface area contributed by atoms with Gasteiger partial charge in [0.1, 0.15) is 10.4 Å². The molecule has 74 valence electrons. The van der Waals surface area contributed by atoms with Crippen molar-refractivity contribution in [1.82, 2.24) is 4.98 Å². The van der Waals surface area contributed by atoms with Crippen LogP contribution in [0.5, 0.6) is 0 Å². The summed E-state index contributed by atoms with van der Waals surface area (Å²) in [6, 6.07) is 2.88. The van der Waals surface area contributed by atoms with Gasteiger partial charge in [-0.2, -0.15) is 5.26 Å². The predicted octanol–water partition coefficient (Wildman–Crippen LogP) is 2.43. The van der Waals surface area contributed by atoms with Crippen molar-refractivity contribution in [3.8, 4) is 6.07 Å². The maximum absolute atomic E-state index is 12.5. The lowest BCUT2D eigenvalue weighted by Crippen LogP contribution is -2.01. The summed E-state index contributed by atoms with van der Waals surface area (Å²) in [7, 11) is 0. The third kappa shape index (κ3) is 2.17. The largest absolute Gasteiger partial charge is 0.384 e. The van der Waals surface area contributed by atoms with Crippen molar-refractivity contribution >= 4 is 21.7 Å². The fraction of sp³-hybridized carbons (Fsp3) is 0.250. The molecule has 14 heavy (non-hydrogen) atoms. The molecule has 3 nitrogen and oxygen atoms in total. The second-order valence-electron chi connectivity index (χ2n) is 2.54. The maximum Gasteiger partial charge on any atom is 0.264 e. The average Bonchev–Trinajstić information content (AvgIpc) is 2.09. The standard InChI is InChI=1S/C8H6BrF2N3/c9-7-4(1-2-12)5(8(10)11)3-6(13)14-7/h3,8H,1H2,(H2,13,14). The van der Waals surface area contributed by atoms with E-state index in [4.69, 9.17) is 11.0 Å². The molecule has 0 amide bonds. The van der Waals surface area contributed by atoms with Gasteiger partial charge in [0.05, 0.1) is 12.5 Å². The molecule has 1 heterocycles. The average molecular weight is 262 g/mol. The van der Waals surface area contributed by atoms with Crippen LogP contribution >= 0.6 is 15.9 Å².